The fraction of sp³-hybridized carbons (Fsp3) is 0.176. The number of hydrogen-bond acceptors (Lipinski definition) is 3. The molecule has 2 aromatic rings. The molecule has 114 valence electrons. The molecule has 4 nitrogen and oxygen atoms in total. The second-order valence-corrected chi connectivity index (χ2v) is 6.20. The van der Waals surface area contributed by atoms with Gasteiger partial charge in [0.2, 0.25) is 0 Å². The van der Waals surface area contributed by atoms with Crippen LogP contribution in [-0.2, 0) is 4.79 Å². The molecule has 0 aliphatic heterocycles. The summed E-state index contributed by atoms with van der Waals surface area (Å²) in [6.07, 6.45) is 1.60. The van der Waals surface area contributed by atoms with E-state index >= 15 is 0 Å². The number of benzene rings is 2. The number of carbonyl (C=O) groups is 1. The van der Waals surface area contributed by atoms with Crippen LogP contribution in [0.4, 0.5) is 0 Å². The summed E-state index contributed by atoms with van der Waals surface area (Å²) in [7, 11) is 0. The van der Waals surface area contributed by atoms with Crippen molar-refractivity contribution in [2.24, 2.45) is 5.10 Å². The molecular formula is C17H17IN2O2. The van der Waals surface area contributed by atoms with Gasteiger partial charge < -0.3 is 4.74 Å². The van der Waals surface area contributed by atoms with Crippen molar-refractivity contribution in [3.8, 4) is 5.75 Å². The number of nitrogens with zero attached hydrogens (tertiary/aromatic N) is 1. The lowest BCUT2D eigenvalue weighted by Gasteiger charge is -2.07. The molecule has 0 radical (unpaired) electrons. The highest BCUT2D eigenvalue weighted by molar-refractivity contribution is 14.1. The number of aryl methyl sites for hydroxylation is 2. The summed E-state index contributed by atoms with van der Waals surface area (Å²) in [6.45, 7) is 3.92. The molecule has 2 aromatic carbocycles. The molecule has 0 spiro atoms. The van der Waals surface area contributed by atoms with Gasteiger partial charge in [-0.05, 0) is 77.4 Å². The van der Waals surface area contributed by atoms with E-state index in [1.165, 1.54) is 0 Å². The smallest absolute Gasteiger partial charge is 0.277 e. The molecule has 1 amide bonds. The van der Waals surface area contributed by atoms with Gasteiger partial charge in [-0.3, -0.25) is 4.79 Å². The van der Waals surface area contributed by atoms with E-state index in [-0.39, 0.29) is 12.5 Å². The van der Waals surface area contributed by atoms with Crippen molar-refractivity contribution in [2.75, 3.05) is 6.61 Å². The van der Waals surface area contributed by atoms with Crippen LogP contribution in [0.15, 0.2) is 47.6 Å². The van der Waals surface area contributed by atoms with Crippen molar-refractivity contribution < 1.29 is 9.53 Å². The largest absolute Gasteiger partial charge is 0.484 e. The summed E-state index contributed by atoms with van der Waals surface area (Å²) < 4.78 is 6.61. The average molecular weight is 408 g/mol. The number of halogens is 1. The summed E-state index contributed by atoms with van der Waals surface area (Å²) >= 11 is 2.23. The van der Waals surface area contributed by atoms with Gasteiger partial charge in [0.15, 0.2) is 6.61 Å². The van der Waals surface area contributed by atoms with Crippen LogP contribution in [-0.4, -0.2) is 18.7 Å². The van der Waals surface area contributed by atoms with Crippen LogP contribution >= 0.6 is 22.6 Å². The SMILES string of the molecule is Cc1cc(C)cc(OCC(=O)N/N=C\c2ccc(I)cc2)c1. The normalized spacial score (nSPS) is 10.7. The molecule has 0 heterocycles. The first kappa shape index (κ1) is 16.5. The minimum atomic E-state index is -0.291. The average Bonchev–Trinajstić information content (AvgIpc) is 2.46. The minimum Gasteiger partial charge on any atom is -0.484 e. The van der Waals surface area contributed by atoms with E-state index in [1.807, 2.05) is 50.2 Å². The van der Waals surface area contributed by atoms with E-state index in [2.05, 4.69) is 39.2 Å². The second kappa shape index (κ2) is 7.93. The van der Waals surface area contributed by atoms with E-state index in [0.29, 0.717) is 5.75 Å². The molecule has 0 atom stereocenters. The first-order chi connectivity index (χ1) is 10.5. The van der Waals surface area contributed by atoms with E-state index < -0.39 is 0 Å². The maximum atomic E-state index is 11.7. The van der Waals surface area contributed by atoms with Gasteiger partial charge in [-0.15, -0.1) is 0 Å². The zero-order valence-electron chi connectivity index (χ0n) is 12.5. The molecule has 0 fully saturated rings. The standard InChI is InChI=1S/C17H17IN2O2/c1-12-7-13(2)9-16(8-12)22-11-17(21)20-19-10-14-3-5-15(18)6-4-14/h3-10H,11H2,1-2H3,(H,20,21)/b19-10-. The van der Waals surface area contributed by atoms with E-state index in [1.54, 1.807) is 6.21 Å². The van der Waals surface area contributed by atoms with Crippen LogP contribution in [0, 0.1) is 17.4 Å². The Kier molecular flexibility index (Phi) is 5.94. The molecule has 22 heavy (non-hydrogen) atoms. The van der Waals surface area contributed by atoms with Crippen molar-refractivity contribution >= 4 is 34.7 Å². The third kappa shape index (κ3) is 5.48. The molecule has 0 saturated heterocycles. The van der Waals surface area contributed by atoms with Crippen LogP contribution in [0.25, 0.3) is 0 Å². The fourth-order valence-electron chi connectivity index (χ4n) is 1.93. The highest BCUT2D eigenvalue weighted by Crippen LogP contribution is 2.15. The Morgan fingerprint density at radius 3 is 2.45 bits per heavy atom. The number of nitrogens with one attached hydrogen (secondary N) is 1. The molecule has 0 aliphatic rings. The van der Waals surface area contributed by atoms with Crippen molar-refractivity contribution in [3.63, 3.8) is 0 Å². The minimum absolute atomic E-state index is 0.0626. The van der Waals surface area contributed by atoms with Crippen molar-refractivity contribution in [1.29, 1.82) is 0 Å². The number of hydrogen-bond donors (Lipinski definition) is 1. The second-order valence-electron chi connectivity index (χ2n) is 4.96. The summed E-state index contributed by atoms with van der Waals surface area (Å²) in [6, 6.07) is 13.7. The monoisotopic (exact) mass is 408 g/mol. The van der Waals surface area contributed by atoms with Gasteiger partial charge in [0.05, 0.1) is 6.21 Å². The Morgan fingerprint density at radius 1 is 1.18 bits per heavy atom. The first-order valence-corrected chi connectivity index (χ1v) is 7.89. The Hall–Kier alpha value is -1.89. The Labute approximate surface area is 143 Å². The maximum Gasteiger partial charge on any atom is 0.277 e. The molecule has 1 N–H and O–H groups in total. The van der Waals surface area contributed by atoms with Crippen LogP contribution in [0.3, 0.4) is 0 Å². The van der Waals surface area contributed by atoms with Gasteiger partial charge in [-0.1, -0.05) is 18.2 Å². The molecule has 0 saturated carbocycles. The van der Waals surface area contributed by atoms with Crippen molar-refractivity contribution in [2.45, 2.75) is 13.8 Å². The number of ether oxygens (including phenoxy) is 1. The summed E-state index contributed by atoms with van der Waals surface area (Å²) in [5.41, 5.74) is 5.58. The van der Waals surface area contributed by atoms with Crippen LogP contribution in [0.5, 0.6) is 5.75 Å². The predicted octanol–water partition coefficient (Wildman–Crippen LogP) is 3.44. The zero-order chi connectivity index (χ0) is 15.9. The number of carbonyl (C=O) groups excluding carboxylic acids is 1. The molecule has 0 unspecified atom stereocenters. The molecular weight excluding hydrogens is 391 g/mol. The molecule has 0 bridgehead atoms. The van der Waals surface area contributed by atoms with Crippen LogP contribution in [0.1, 0.15) is 16.7 Å². The lowest BCUT2D eigenvalue weighted by molar-refractivity contribution is -0.123. The number of rotatable bonds is 5. The van der Waals surface area contributed by atoms with E-state index in [9.17, 15) is 4.79 Å². The molecule has 0 aliphatic carbocycles. The molecule has 2 rings (SSSR count). The topological polar surface area (TPSA) is 50.7 Å². The van der Waals surface area contributed by atoms with E-state index in [0.717, 1.165) is 20.3 Å². The summed E-state index contributed by atoms with van der Waals surface area (Å²) in [4.78, 5) is 11.7. The highest BCUT2D eigenvalue weighted by Gasteiger charge is 2.02. The van der Waals surface area contributed by atoms with Gasteiger partial charge >= 0.3 is 0 Å². The van der Waals surface area contributed by atoms with Gasteiger partial charge in [0.1, 0.15) is 5.75 Å². The number of hydrazone groups is 1. The Bertz CT molecular complexity index is 661. The van der Waals surface area contributed by atoms with Gasteiger partial charge in [0, 0.05) is 3.57 Å². The molecule has 5 heteroatoms. The quantitative estimate of drug-likeness (QED) is 0.468. The first-order valence-electron chi connectivity index (χ1n) is 6.81. The maximum absolute atomic E-state index is 11.7. The zero-order valence-corrected chi connectivity index (χ0v) is 14.6. The van der Waals surface area contributed by atoms with E-state index in [4.69, 9.17) is 4.74 Å². The predicted molar refractivity (Wildman–Crippen MR) is 96.3 cm³/mol. The van der Waals surface area contributed by atoms with Gasteiger partial charge in [0.25, 0.3) is 5.91 Å². The third-order valence-corrected chi connectivity index (χ3v) is 3.56. The molecule has 0 aromatic heterocycles. The lowest BCUT2D eigenvalue weighted by Crippen LogP contribution is -2.24. The van der Waals surface area contributed by atoms with Crippen molar-refractivity contribution in [1.82, 2.24) is 5.43 Å². The third-order valence-electron chi connectivity index (χ3n) is 2.84. The summed E-state index contributed by atoms with van der Waals surface area (Å²) in [5, 5.41) is 3.91. The Morgan fingerprint density at radius 2 is 1.82 bits per heavy atom. The highest BCUT2D eigenvalue weighted by atomic mass is 127. The lowest BCUT2D eigenvalue weighted by atomic mass is 10.1. The van der Waals surface area contributed by atoms with Gasteiger partial charge in [-0.25, -0.2) is 5.43 Å². The Balaban J connectivity index is 1.81. The number of amides is 1. The van der Waals surface area contributed by atoms with Crippen molar-refractivity contribution in [3.05, 3.63) is 62.7 Å². The van der Waals surface area contributed by atoms with Gasteiger partial charge in [-0.2, -0.15) is 5.10 Å². The van der Waals surface area contributed by atoms with Crippen LogP contribution in [0.2, 0.25) is 0 Å². The van der Waals surface area contributed by atoms with Crippen LogP contribution < -0.4 is 10.2 Å². The summed E-state index contributed by atoms with van der Waals surface area (Å²) in [5.74, 6) is 0.398. The fourth-order valence-corrected chi connectivity index (χ4v) is 2.28.